The van der Waals surface area contributed by atoms with Gasteiger partial charge in [0.05, 0.1) is 31.8 Å². The number of hydrogen-bond donors (Lipinski definition) is 2. The van der Waals surface area contributed by atoms with Gasteiger partial charge in [0.2, 0.25) is 0 Å². The van der Waals surface area contributed by atoms with Gasteiger partial charge in [0, 0.05) is 25.4 Å². The standard InChI is InChI=1S/C21H34N4O2S.HI/c1-3-22-20(23-9-12-27-19-6-4-18(2)5-7-19)24-16-21(8-15-28-17-21)25-10-13-26-14-11-25;/h4-7H,3,8-17H2,1-2H3,(H2,22,23,24);1H. The lowest BCUT2D eigenvalue weighted by Crippen LogP contribution is -2.56. The number of thioether (sulfide) groups is 1. The molecule has 0 aliphatic carbocycles. The van der Waals surface area contributed by atoms with Gasteiger partial charge in [0.25, 0.3) is 0 Å². The number of aryl methyl sites for hydroxylation is 1. The molecule has 0 aromatic heterocycles. The SMILES string of the molecule is CCNC(=NCC1(N2CCOCC2)CCSC1)NCCOc1ccc(C)cc1.I. The molecule has 1 atom stereocenters. The minimum Gasteiger partial charge on any atom is -0.492 e. The molecule has 3 rings (SSSR count). The van der Waals surface area contributed by atoms with E-state index in [1.54, 1.807) is 0 Å². The number of guanidine groups is 1. The summed E-state index contributed by atoms with van der Waals surface area (Å²) in [4.78, 5) is 7.54. The number of rotatable bonds is 8. The molecule has 6 nitrogen and oxygen atoms in total. The van der Waals surface area contributed by atoms with Gasteiger partial charge in [-0.1, -0.05) is 17.7 Å². The third-order valence-electron chi connectivity index (χ3n) is 5.32. The van der Waals surface area contributed by atoms with Crippen LogP contribution in [0, 0.1) is 6.92 Å². The lowest BCUT2D eigenvalue weighted by atomic mass is 9.96. The van der Waals surface area contributed by atoms with E-state index in [9.17, 15) is 0 Å². The van der Waals surface area contributed by atoms with Crippen molar-refractivity contribution in [3.8, 4) is 5.75 Å². The van der Waals surface area contributed by atoms with Gasteiger partial charge in [-0.2, -0.15) is 11.8 Å². The van der Waals surface area contributed by atoms with Crippen molar-refractivity contribution in [2.24, 2.45) is 4.99 Å². The molecule has 2 aliphatic heterocycles. The van der Waals surface area contributed by atoms with E-state index in [1.165, 1.54) is 17.7 Å². The van der Waals surface area contributed by atoms with Crippen molar-refractivity contribution in [2.75, 3.05) is 64.1 Å². The number of ether oxygens (including phenoxy) is 2. The molecular weight excluding hydrogens is 499 g/mol. The number of nitrogens with one attached hydrogen (secondary N) is 2. The molecule has 2 heterocycles. The second-order valence-corrected chi connectivity index (χ2v) is 8.51. The van der Waals surface area contributed by atoms with Gasteiger partial charge in [-0.25, -0.2) is 0 Å². The summed E-state index contributed by atoms with van der Waals surface area (Å²) < 4.78 is 11.4. The van der Waals surface area contributed by atoms with Crippen LogP contribution in [0.3, 0.4) is 0 Å². The minimum atomic E-state index is 0. The van der Waals surface area contributed by atoms with Gasteiger partial charge in [-0.05, 0) is 38.2 Å². The third-order valence-corrected chi connectivity index (χ3v) is 6.56. The number of nitrogens with zero attached hydrogens (tertiary/aromatic N) is 2. The lowest BCUT2D eigenvalue weighted by Gasteiger charge is -2.42. The molecule has 29 heavy (non-hydrogen) atoms. The molecule has 0 radical (unpaired) electrons. The zero-order chi connectivity index (χ0) is 19.7. The van der Waals surface area contributed by atoms with Crippen LogP contribution < -0.4 is 15.4 Å². The molecule has 2 fully saturated rings. The normalized spacial score (nSPS) is 22.8. The lowest BCUT2D eigenvalue weighted by molar-refractivity contribution is -0.0104. The van der Waals surface area contributed by atoms with Crippen LogP contribution in [0.25, 0.3) is 0 Å². The Bertz CT molecular complexity index is 618. The van der Waals surface area contributed by atoms with E-state index in [-0.39, 0.29) is 29.5 Å². The highest BCUT2D eigenvalue weighted by molar-refractivity contribution is 14.0. The van der Waals surface area contributed by atoms with Crippen molar-refractivity contribution in [3.05, 3.63) is 29.8 Å². The number of hydrogen-bond acceptors (Lipinski definition) is 5. The number of benzene rings is 1. The molecular formula is C21H35IN4O2S. The van der Waals surface area contributed by atoms with Gasteiger partial charge in [0.15, 0.2) is 5.96 Å². The molecule has 1 unspecified atom stereocenters. The van der Waals surface area contributed by atoms with Crippen LogP contribution in [0.2, 0.25) is 0 Å². The first kappa shape index (κ1) is 24.6. The molecule has 1 aromatic carbocycles. The molecule has 164 valence electrons. The Balaban J connectivity index is 0.00000300. The van der Waals surface area contributed by atoms with Crippen molar-refractivity contribution in [1.82, 2.24) is 15.5 Å². The van der Waals surface area contributed by atoms with Crippen LogP contribution in [0.1, 0.15) is 18.9 Å². The van der Waals surface area contributed by atoms with Crippen molar-refractivity contribution in [2.45, 2.75) is 25.8 Å². The van der Waals surface area contributed by atoms with Gasteiger partial charge < -0.3 is 20.1 Å². The summed E-state index contributed by atoms with van der Waals surface area (Å²) in [7, 11) is 0. The Kier molecular flexibility index (Phi) is 10.9. The molecule has 2 saturated heterocycles. The predicted octanol–water partition coefficient (Wildman–Crippen LogP) is 2.75. The number of halogens is 1. The maximum Gasteiger partial charge on any atom is 0.191 e. The second kappa shape index (κ2) is 12.9. The molecule has 0 amide bonds. The van der Waals surface area contributed by atoms with Crippen molar-refractivity contribution in [1.29, 1.82) is 0 Å². The first-order valence-corrected chi connectivity index (χ1v) is 11.5. The zero-order valence-electron chi connectivity index (χ0n) is 17.6. The quantitative estimate of drug-likeness (QED) is 0.232. The topological polar surface area (TPSA) is 58.1 Å². The Morgan fingerprint density at radius 2 is 2.00 bits per heavy atom. The summed E-state index contributed by atoms with van der Waals surface area (Å²) in [6, 6.07) is 8.16. The largest absolute Gasteiger partial charge is 0.492 e. The minimum absolute atomic E-state index is 0. The van der Waals surface area contributed by atoms with Gasteiger partial charge >= 0.3 is 0 Å². The average molecular weight is 535 g/mol. The Morgan fingerprint density at radius 1 is 1.24 bits per heavy atom. The monoisotopic (exact) mass is 534 g/mol. The summed E-state index contributed by atoms with van der Waals surface area (Å²) in [5.41, 5.74) is 1.42. The van der Waals surface area contributed by atoms with E-state index in [2.05, 4.69) is 41.5 Å². The van der Waals surface area contributed by atoms with Gasteiger partial charge in [-0.3, -0.25) is 9.89 Å². The Morgan fingerprint density at radius 3 is 2.66 bits per heavy atom. The van der Waals surface area contributed by atoms with Crippen LogP contribution in [-0.2, 0) is 4.74 Å². The van der Waals surface area contributed by atoms with E-state index < -0.39 is 0 Å². The summed E-state index contributed by atoms with van der Waals surface area (Å²) in [6.45, 7) is 10.9. The third kappa shape index (κ3) is 7.48. The zero-order valence-corrected chi connectivity index (χ0v) is 20.8. The first-order valence-electron chi connectivity index (χ1n) is 10.3. The van der Waals surface area contributed by atoms with E-state index in [0.717, 1.165) is 63.4 Å². The maximum atomic E-state index is 5.81. The summed E-state index contributed by atoms with van der Waals surface area (Å²) in [6.07, 6.45) is 1.21. The van der Waals surface area contributed by atoms with Crippen LogP contribution in [-0.4, -0.2) is 80.4 Å². The predicted molar refractivity (Wildman–Crippen MR) is 133 cm³/mol. The molecule has 0 saturated carbocycles. The summed E-state index contributed by atoms with van der Waals surface area (Å²) in [5.74, 6) is 4.16. The Hall–Kier alpha value is -0.710. The van der Waals surface area contributed by atoms with Crippen LogP contribution >= 0.6 is 35.7 Å². The van der Waals surface area contributed by atoms with Crippen molar-refractivity contribution < 1.29 is 9.47 Å². The fourth-order valence-electron chi connectivity index (χ4n) is 3.65. The molecule has 2 N–H and O–H groups in total. The Labute approximate surface area is 196 Å². The smallest absolute Gasteiger partial charge is 0.191 e. The molecule has 1 aromatic rings. The maximum absolute atomic E-state index is 5.81. The van der Waals surface area contributed by atoms with E-state index in [4.69, 9.17) is 14.5 Å². The second-order valence-electron chi connectivity index (χ2n) is 7.41. The van der Waals surface area contributed by atoms with E-state index in [0.29, 0.717) is 6.61 Å². The van der Waals surface area contributed by atoms with E-state index in [1.807, 2.05) is 23.9 Å². The van der Waals surface area contributed by atoms with Crippen LogP contribution in [0.5, 0.6) is 5.75 Å². The van der Waals surface area contributed by atoms with Crippen molar-refractivity contribution in [3.63, 3.8) is 0 Å². The van der Waals surface area contributed by atoms with Crippen LogP contribution in [0.4, 0.5) is 0 Å². The highest BCUT2D eigenvalue weighted by atomic mass is 127. The number of morpholine rings is 1. The summed E-state index contributed by atoms with van der Waals surface area (Å²) in [5, 5.41) is 6.78. The fraction of sp³-hybridized carbons (Fsp3) is 0.667. The molecule has 0 bridgehead atoms. The summed E-state index contributed by atoms with van der Waals surface area (Å²) >= 11 is 2.05. The van der Waals surface area contributed by atoms with Gasteiger partial charge in [0.1, 0.15) is 12.4 Å². The first-order chi connectivity index (χ1) is 13.7. The van der Waals surface area contributed by atoms with Crippen molar-refractivity contribution >= 4 is 41.7 Å². The highest BCUT2D eigenvalue weighted by Crippen LogP contribution is 2.34. The fourth-order valence-corrected chi connectivity index (χ4v) is 5.12. The average Bonchev–Trinajstić information content (AvgIpc) is 3.21. The van der Waals surface area contributed by atoms with Gasteiger partial charge in [-0.15, -0.1) is 24.0 Å². The highest BCUT2D eigenvalue weighted by Gasteiger charge is 2.40. The molecule has 8 heteroatoms. The molecule has 2 aliphatic rings. The number of aliphatic imine (C=N–C) groups is 1. The van der Waals surface area contributed by atoms with E-state index >= 15 is 0 Å². The van der Waals surface area contributed by atoms with Crippen LogP contribution in [0.15, 0.2) is 29.3 Å². The molecule has 0 spiro atoms.